The van der Waals surface area contributed by atoms with Crippen LogP contribution >= 0.6 is 0 Å². The van der Waals surface area contributed by atoms with E-state index in [9.17, 15) is 9.90 Å². The fourth-order valence-electron chi connectivity index (χ4n) is 2.66. The van der Waals surface area contributed by atoms with E-state index < -0.39 is 6.10 Å². The minimum atomic E-state index is -0.844. The predicted molar refractivity (Wildman–Crippen MR) is 90.4 cm³/mol. The molecule has 1 fully saturated rings. The number of aryl methyl sites for hydroxylation is 1. The SMILES string of the molecule is CN(CC(O)c1cccc(C#N)c1)C(=O)Cc1nc(C2CC2)nn1C. The van der Waals surface area contributed by atoms with Gasteiger partial charge in [0.05, 0.1) is 30.7 Å². The molecule has 1 amide bonds. The second kappa shape index (κ2) is 7.03. The van der Waals surface area contributed by atoms with Gasteiger partial charge in [-0.05, 0) is 30.5 Å². The first-order valence-corrected chi connectivity index (χ1v) is 8.30. The highest BCUT2D eigenvalue weighted by Crippen LogP contribution is 2.38. The van der Waals surface area contributed by atoms with Crippen molar-refractivity contribution < 1.29 is 9.90 Å². The van der Waals surface area contributed by atoms with Crippen molar-refractivity contribution >= 4 is 5.91 Å². The van der Waals surface area contributed by atoms with E-state index in [1.807, 2.05) is 6.07 Å². The zero-order valence-electron chi connectivity index (χ0n) is 14.4. The average Bonchev–Trinajstić information content (AvgIpc) is 3.39. The predicted octanol–water partition coefficient (Wildman–Crippen LogP) is 1.30. The molecule has 1 aliphatic carbocycles. The number of hydrogen-bond donors (Lipinski definition) is 1. The van der Waals surface area contributed by atoms with Gasteiger partial charge in [-0.3, -0.25) is 9.48 Å². The van der Waals surface area contributed by atoms with Crippen LogP contribution in [0.5, 0.6) is 0 Å². The Balaban J connectivity index is 1.61. The van der Waals surface area contributed by atoms with E-state index in [0.29, 0.717) is 22.9 Å². The highest BCUT2D eigenvalue weighted by molar-refractivity contribution is 5.77. The lowest BCUT2D eigenvalue weighted by molar-refractivity contribution is -0.130. The lowest BCUT2D eigenvalue weighted by Gasteiger charge is -2.21. The van der Waals surface area contributed by atoms with Gasteiger partial charge >= 0.3 is 0 Å². The summed E-state index contributed by atoms with van der Waals surface area (Å²) < 4.78 is 1.66. The first kappa shape index (κ1) is 17.1. The molecule has 1 N–H and O–H groups in total. The summed E-state index contributed by atoms with van der Waals surface area (Å²) in [6.45, 7) is 0.154. The van der Waals surface area contributed by atoms with Gasteiger partial charge in [0.1, 0.15) is 5.82 Å². The minimum Gasteiger partial charge on any atom is -0.387 e. The number of aromatic nitrogens is 3. The third-order valence-corrected chi connectivity index (χ3v) is 4.39. The standard InChI is InChI=1S/C18H21N5O2/c1-22(11-15(24)14-5-3-4-12(8-14)10-19)17(25)9-16-20-18(13-6-7-13)21-23(16)2/h3-5,8,13,15,24H,6-7,9,11H2,1-2H3. The van der Waals surface area contributed by atoms with E-state index in [-0.39, 0.29) is 18.9 Å². The summed E-state index contributed by atoms with van der Waals surface area (Å²) >= 11 is 0. The lowest BCUT2D eigenvalue weighted by atomic mass is 10.1. The smallest absolute Gasteiger partial charge is 0.230 e. The Labute approximate surface area is 146 Å². The molecule has 25 heavy (non-hydrogen) atoms. The van der Waals surface area contributed by atoms with Crippen LogP contribution in [0.2, 0.25) is 0 Å². The van der Waals surface area contributed by atoms with E-state index in [2.05, 4.69) is 10.1 Å². The third kappa shape index (κ3) is 4.03. The van der Waals surface area contributed by atoms with Crippen LogP contribution in [0, 0.1) is 11.3 Å². The van der Waals surface area contributed by atoms with E-state index >= 15 is 0 Å². The molecule has 130 valence electrons. The van der Waals surface area contributed by atoms with Gasteiger partial charge in [0.15, 0.2) is 5.82 Å². The monoisotopic (exact) mass is 339 g/mol. The van der Waals surface area contributed by atoms with Crippen molar-refractivity contribution in [3.8, 4) is 6.07 Å². The summed E-state index contributed by atoms with van der Waals surface area (Å²) in [5, 5.41) is 23.6. The van der Waals surface area contributed by atoms with Crippen LogP contribution in [-0.4, -0.2) is 44.3 Å². The maximum Gasteiger partial charge on any atom is 0.230 e. The molecule has 0 spiro atoms. The molecule has 0 radical (unpaired) electrons. The number of amides is 1. The average molecular weight is 339 g/mol. The number of hydrogen-bond acceptors (Lipinski definition) is 5. The maximum atomic E-state index is 12.4. The van der Waals surface area contributed by atoms with Crippen LogP contribution in [0.25, 0.3) is 0 Å². The first-order chi connectivity index (χ1) is 12.0. The van der Waals surface area contributed by atoms with Crippen LogP contribution < -0.4 is 0 Å². The Morgan fingerprint density at radius 2 is 2.28 bits per heavy atom. The summed E-state index contributed by atoms with van der Waals surface area (Å²) in [5.41, 5.74) is 1.10. The maximum absolute atomic E-state index is 12.4. The van der Waals surface area contributed by atoms with E-state index in [1.165, 1.54) is 4.90 Å². The molecule has 1 aromatic heterocycles. The summed E-state index contributed by atoms with van der Waals surface area (Å²) in [6.07, 6.45) is 1.54. The molecule has 0 bridgehead atoms. The zero-order chi connectivity index (χ0) is 18.0. The molecule has 3 rings (SSSR count). The number of rotatable bonds is 6. The van der Waals surface area contributed by atoms with Crippen LogP contribution in [0.15, 0.2) is 24.3 Å². The Bertz CT molecular complexity index is 819. The van der Waals surface area contributed by atoms with Crippen LogP contribution in [0.4, 0.5) is 0 Å². The van der Waals surface area contributed by atoms with E-state index in [0.717, 1.165) is 18.7 Å². The van der Waals surface area contributed by atoms with Crippen molar-refractivity contribution in [2.45, 2.75) is 31.3 Å². The number of nitrogens with zero attached hydrogens (tertiary/aromatic N) is 5. The van der Waals surface area contributed by atoms with Crippen molar-refractivity contribution in [1.29, 1.82) is 5.26 Å². The van der Waals surface area contributed by atoms with Gasteiger partial charge in [0.2, 0.25) is 5.91 Å². The van der Waals surface area contributed by atoms with Crippen molar-refractivity contribution in [2.75, 3.05) is 13.6 Å². The fraction of sp³-hybridized carbons (Fsp3) is 0.444. The van der Waals surface area contributed by atoms with Crippen LogP contribution in [0.3, 0.4) is 0 Å². The summed E-state index contributed by atoms with van der Waals surface area (Å²) in [5.74, 6) is 1.77. The van der Waals surface area contributed by atoms with Gasteiger partial charge < -0.3 is 10.0 Å². The minimum absolute atomic E-state index is 0.131. The normalized spacial score (nSPS) is 14.8. The molecule has 7 nitrogen and oxygen atoms in total. The zero-order valence-corrected chi connectivity index (χ0v) is 14.4. The Morgan fingerprint density at radius 3 is 2.96 bits per heavy atom. The molecule has 0 saturated heterocycles. The topological polar surface area (TPSA) is 95.0 Å². The van der Waals surface area contributed by atoms with Gasteiger partial charge in [0, 0.05) is 20.0 Å². The molecule has 1 saturated carbocycles. The van der Waals surface area contributed by atoms with Gasteiger partial charge in [-0.15, -0.1) is 0 Å². The first-order valence-electron chi connectivity index (χ1n) is 8.30. The molecule has 2 aromatic rings. The second-order valence-electron chi connectivity index (χ2n) is 6.49. The van der Waals surface area contributed by atoms with Crippen molar-refractivity contribution in [2.24, 2.45) is 7.05 Å². The highest BCUT2D eigenvalue weighted by atomic mass is 16.3. The van der Waals surface area contributed by atoms with Crippen molar-refractivity contribution in [3.05, 3.63) is 47.0 Å². The molecule has 1 unspecified atom stereocenters. The number of benzene rings is 1. The molecule has 1 aromatic carbocycles. The molecule has 1 heterocycles. The second-order valence-corrected chi connectivity index (χ2v) is 6.49. The molecular formula is C18H21N5O2. The van der Waals surface area contributed by atoms with Crippen molar-refractivity contribution in [3.63, 3.8) is 0 Å². The van der Waals surface area contributed by atoms with E-state index in [1.54, 1.807) is 43.0 Å². The van der Waals surface area contributed by atoms with Gasteiger partial charge in [-0.25, -0.2) is 4.98 Å². The molecule has 1 atom stereocenters. The third-order valence-electron chi connectivity index (χ3n) is 4.39. The number of nitriles is 1. The largest absolute Gasteiger partial charge is 0.387 e. The molecule has 0 aliphatic heterocycles. The fourth-order valence-corrected chi connectivity index (χ4v) is 2.66. The number of aliphatic hydroxyl groups excluding tert-OH is 1. The molecule has 7 heteroatoms. The van der Waals surface area contributed by atoms with Gasteiger partial charge in [-0.2, -0.15) is 10.4 Å². The Kier molecular flexibility index (Phi) is 4.81. The lowest BCUT2D eigenvalue weighted by Crippen LogP contribution is -2.33. The number of aliphatic hydroxyl groups is 1. The quantitative estimate of drug-likeness (QED) is 0.856. The summed E-state index contributed by atoms with van der Waals surface area (Å²) in [4.78, 5) is 18.4. The molecular weight excluding hydrogens is 318 g/mol. The number of carbonyl (C=O) groups is 1. The van der Waals surface area contributed by atoms with Gasteiger partial charge in [-0.1, -0.05) is 12.1 Å². The Hall–Kier alpha value is -2.72. The van der Waals surface area contributed by atoms with Crippen molar-refractivity contribution in [1.82, 2.24) is 19.7 Å². The van der Waals surface area contributed by atoms with E-state index in [4.69, 9.17) is 5.26 Å². The highest BCUT2D eigenvalue weighted by Gasteiger charge is 2.29. The van der Waals surface area contributed by atoms with Crippen LogP contribution in [-0.2, 0) is 18.3 Å². The molecule has 1 aliphatic rings. The summed E-state index contributed by atoms with van der Waals surface area (Å²) in [6, 6.07) is 8.82. The number of carbonyl (C=O) groups excluding carboxylic acids is 1. The Morgan fingerprint density at radius 1 is 1.52 bits per heavy atom. The van der Waals surface area contributed by atoms with Crippen LogP contribution in [0.1, 0.15) is 47.6 Å². The van der Waals surface area contributed by atoms with Gasteiger partial charge in [0.25, 0.3) is 0 Å². The number of likely N-dealkylation sites (N-methyl/N-ethyl adjacent to an activating group) is 1. The summed E-state index contributed by atoms with van der Waals surface area (Å²) in [7, 11) is 3.45.